The lowest BCUT2D eigenvalue weighted by atomic mass is 10.1. The normalized spacial score (nSPS) is 15.1. The van der Waals surface area contributed by atoms with Gasteiger partial charge < -0.3 is 10.1 Å². The van der Waals surface area contributed by atoms with Gasteiger partial charge in [0, 0.05) is 13.2 Å². The zero-order chi connectivity index (χ0) is 11.9. The molecule has 1 aromatic carbocycles. The third kappa shape index (κ3) is 4.88. The van der Waals surface area contributed by atoms with Crippen LogP contribution < -0.4 is 5.32 Å². The summed E-state index contributed by atoms with van der Waals surface area (Å²) in [5.74, 6) is 0.851. The summed E-state index contributed by atoms with van der Waals surface area (Å²) in [5.41, 5.74) is 2.65. The van der Waals surface area contributed by atoms with Gasteiger partial charge in [-0.2, -0.15) is 0 Å². The Hall–Kier alpha value is -0.860. The molecule has 0 spiro atoms. The fraction of sp³-hybridized carbons (Fsp3) is 0.600. The average molecular weight is 233 g/mol. The molecule has 1 fully saturated rings. The molecule has 94 valence electrons. The van der Waals surface area contributed by atoms with Crippen LogP contribution in [0.2, 0.25) is 0 Å². The van der Waals surface area contributed by atoms with Crippen LogP contribution in [-0.2, 0) is 17.9 Å². The molecule has 2 nitrogen and oxygen atoms in total. The van der Waals surface area contributed by atoms with Gasteiger partial charge in [0.2, 0.25) is 0 Å². The monoisotopic (exact) mass is 233 g/mol. The molecule has 1 aromatic rings. The summed E-state index contributed by atoms with van der Waals surface area (Å²) in [6.07, 6.45) is 3.91. The van der Waals surface area contributed by atoms with Crippen molar-refractivity contribution in [2.45, 2.75) is 39.3 Å². The van der Waals surface area contributed by atoms with E-state index >= 15 is 0 Å². The molecular formula is C15H23NO. The number of hydrogen-bond acceptors (Lipinski definition) is 2. The largest absolute Gasteiger partial charge is 0.376 e. The summed E-state index contributed by atoms with van der Waals surface area (Å²) in [5, 5.41) is 3.42. The van der Waals surface area contributed by atoms with Crippen LogP contribution in [0, 0.1) is 5.92 Å². The van der Waals surface area contributed by atoms with Crippen molar-refractivity contribution < 1.29 is 4.74 Å². The maximum atomic E-state index is 5.70. The summed E-state index contributed by atoms with van der Waals surface area (Å²) >= 11 is 0. The Morgan fingerprint density at radius 2 is 2.12 bits per heavy atom. The van der Waals surface area contributed by atoms with Gasteiger partial charge >= 0.3 is 0 Å². The first-order valence-electron chi connectivity index (χ1n) is 6.74. The van der Waals surface area contributed by atoms with E-state index in [1.54, 1.807) is 0 Å². The number of ether oxygens (including phenoxy) is 1. The van der Waals surface area contributed by atoms with E-state index in [9.17, 15) is 0 Å². The quantitative estimate of drug-likeness (QED) is 0.697. The Morgan fingerprint density at radius 1 is 1.29 bits per heavy atom. The fourth-order valence-corrected chi connectivity index (χ4v) is 1.87. The molecular weight excluding hydrogens is 210 g/mol. The van der Waals surface area contributed by atoms with Crippen LogP contribution in [0.3, 0.4) is 0 Å². The molecule has 2 heteroatoms. The average Bonchev–Trinajstić information content (AvgIpc) is 3.14. The second-order valence-electron chi connectivity index (χ2n) is 4.96. The van der Waals surface area contributed by atoms with Crippen LogP contribution in [0.1, 0.15) is 37.3 Å². The van der Waals surface area contributed by atoms with E-state index in [1.165, 1.54) is 30.4 Å². The van der Waals surface area contributed by atoms with Crippen molar-refractivity contribution in [1.82, 2.24) is 5.32 Å². The van der Waals surface area contributed by atoms with Gasteiger partial charge in [-0.3, -0.25) is 0 Å². The molecule has 1 saturated carbocycles. The number of benzene rings is 1. The molecule has 0 bridgehead atoms. The number of nitrogens with one attached hydrogen (secondary N) is 1. The first kappa shape index (κ1) is 12.6. The molecule has 0 amide bonds. The maximum absolute atomic E-state index is 5.70. The maximum Gasteiger partial charge on any atom is 0.0717 e. The summed E-state index contributed by atoms with van der Waals surface area (Å²) in [7, 11) is 0. The molecule has 17 heavy (non-hydrogen) atoms. The predicted molar refractivity (Wildman–Crippen MR) is 70.8 cm³/mol. The Bertz CT molecular complexity index is 333. The molecule has 0 heterocycles. The summed E-state index contributed by atoms with van der Waals surface area (Å²) in [6.45, 7) is 5.94. The van der Waals surface area contributed by atoms with Crippen molar-refractivity contribution in [3.63, 3.8) is 0 Å². The van der Waals surface area contributed by atoms with E-state index in [0.717, 1.165) is 32.2 Å². The van der Waals surface area contributed by atoms with Gasteiger partial charge in [-0.1, -0.05) is 31.2 Å². The molecule has 1 N–H and O–H groups in total. The van der Waals surface area contributed by atoms with Gasteiger partial charge in [-0.25, -0.2) is 0 Å². The molecule has 0 atom stereocenters. The van der Waals surface area contributed by atoms with Gasteiger partial charge in [-0.15, -0.1) is 0 Å². The van der Waals surface area contributed by atoms with E-state index in [-0.39, 0.29) is 0 Å². The predicted octanol–water partition coefficient (Wildman–Crippen LogP) is 3.11. The Kier molecular flexibility index (Phi) is 5.02. The second-order valence-corrected chi connectivity index (χ2v) is 4.96. The van der Waals surface area contributed by atoms with Gasteiger partial charge in [0.05, 0.1) is 6.61 Å². The lowest BCUT2D eigenvalue weighted by Gasteiger charge is -2.07. The summed E-state index contributed by atoms with van der Waals surface area (Å²) in [6, 6.07) is 8.69. The van der Waals surface area contributed by atoms with Crippen LogP contribution >= 0.6 is 0 Å². The van der Waals surface area contributed by atoms with E-state index in [4.69, 9.17) is 4.74 Å². The van der Waals surface area contributed by atoms with Crippen molar-refractivity contribution in [1.29, 1.82) is 0 Å². The van der Waals surface area contributed by atoms with Crippen molar-refractivity contribution in [3.05, 3.63) is 35.4 Å². The Balaban J connectivity index is 1.73. The van der Waals surface area contributed by atoms with E-state index in [1.807, 2.05) is 0 Å². The topological polar surface area (TPSA) is 21.3 Å². The standard InChI is InChI=1S/C15H23NO/c1-2-8-16-10-14-4-3-5-15(9-14)12-17-11-13-6-7-13/h3-5,9,13,16H,2,6-8,10-12H2,1H3. The van der Waals surface area contributed by atoms with Crippen molar-refractivity contribution in [3.8, 4) is 0 Å². The van der Waals surface area contributed by atoms with Crippen molar-refractivity contribution in [2.75, 3.05) is 13.2 Å². The van der Waals surface area contributed by atoms with Crippen LogP contribution in [-0.4, -0.2) is 13.2 Å². The smallest absolute Gasteiger partial charge is 0.0717 e. The van der Waals surface area contributed by atoms with Crippen molar-refractivity contribution in [2.24, 2.45) is 5.92 Å². The van der Waals surface area contributed by atoms with E-state index < -0.39 is 0 Å². The molecule has 0 aliphatic heterocycles. The van der Waals surface area contributed by atoms with Crippen LogP contribution in [0.25, 0.3) is 0 Å². The van der Waals surface area contributed by atoms with E-state index in [0.29, 0.717) is 0 Å². The Morgan fingerprint density at radius 3 is 2.88 bits per heavy atom. The first-order valence-corrected chi connectivity index (χ1v) is 6.74. The van der Waals surface area contributed by atoms with E-state index in [2.05, 4.69) is 36.5 Å². The molecule has 0 radical (unpaired) electrons. The number of hydrogen-bond donors (Lipinski definition) is 1. The molecule has 0 aromatic heterocycles. The summed E-state index contributed by atoms with van der Waals surface area (Å²) < 4.78 is 5.70. The van der Waals surface area contributed by atoms with Gasteiger partial charge in [0.15, 0.2) is 0 Å². The molecule has 0 unspecified atom stereocenters. The Labute approximate surface area is 104 Å². The highest BCUT2D eigenvalue weighted by atomic mass is 16.5. The van der Waals surface area contributed by atoms with Crippen LogP contribution in [0.4, 0.5) is 0 Å². The molecule has 0 saturated heterocycles. The molecule has 1 aliphatic rings. The lowest BCUT2D eigenvalue weighted by molar-refractivity contribution is 0.111. The highest BCUT2D eigenvalue weighted by Crippen LogP contribution is 2.29. The van der Waals surface area contributed by atoms with Crippen LogP contribution in [0.15, 0.2) is 24.3 Å². The summed E-state index contributed by atoms with van der Waals surface area (Å²) in [4.78, 5) is 0. The lowest BCUT2D eigenvalue weighted by Crippen LogP contribution is -2.13. The van der Waals surface area contributed by atoms with Gasteiger partial charge in [0.1, 0.15) is 0 Å². The zero-order valence-electron chi connectivity index (χ0n) is 10.7. The fourth-order valence-electron chi connectivity index (χ4n) is 1.87. The SMILES string of the molecule is CCCNCc1cccc(COCC2CC2)c1. The molecule has 2 rings (SSSR count). The zero-order valence-corrected chi connectivity index (χ0v) is 10.7. The second kappa shape index (κ2) is 6.77. The highest BCUT2D eigenvalue weighted by Gasteiger charge is 2.20. The number of rotatable bonds is 8. The third-order valence-electron chi connectivity index (χ3n) is 3.07. The molecule has 1 aliphatic carbocycles. The van der Waals surface area contributed by atoms with Gasteiger partial charge in [0.25, 0.3) is 0 Å². The highest BCUT2D eigenvalue weighted by molar-refractivity contribution is 5.22. The third-order valence-corrected chi connectivity index (χ3v) is 3.07. The minimum absolute atomic E-state index is 0.762. The van der Waals surface area contributed by atoms with Gasteiger partial charge in [-0.05, 0) is 42.9 Å². The van der Waals surface area contributed by atoms with Crippen LogP contribution in [0.5, 0.6) is 0 Å². The van der Waals surface area contributed by atoms with Crippen molar-refractivity contribution >= 4 is 0 Å². The minimum Gasteiger partial charge on any atom is -0.376 e. The first-order chi connectivity index (χ1) is 8.38. The minimum atomic E-state index is 0.762.